The Kier molecular flexibility index (Phi) is 5.20. The number of hydrogen-bond donors (Lipinski definition) is 2. The molecule has 0 saturated carbocycles. The third-order valence-corrected chi connectivity index (χ3v) is 4.43. The van der Waals surface area contributed by atoms with Crippen molar-refractivity contribution in [1.82, 2.24) is 4.98 Å². The Morgan fingerprint density at radius 1 is 1.42 bits per heavy atom. The number of pyridine rings is 1. The summed E-state index contributed by atoms with van der Waals surface area (Å²) < 4.78 is 15.6. The van der Waals surface area contributed by atoms with Crippen molar-refractivity contribution in [3.63, 3.8) is 0 Å². The molecule has 0 unspecified atom stereocenters. The average Bonchev–Trinajstić information content (AvgIpc) is 2.59. The summed E-state index contributed by atoms with van der Waals surface area (Å²) in [5.74, 6) is -1.04. The van der Waals surface area contributed by atoms with E-state index in [0.29, 0.717) is 34.2 Å². The van der Waals surface area contributed by atoms with Crippen LogP contribution in [-0.2, 0) is 20.9 Å². The van der Waals surface area contributed by atoms with Gasteiger partial charge in [0.25, 0.3) is 5.56 Å². The molecule has 1 atom stereocenters. The van der Waals surface area contributed by atoms with Gasteiger partial charge in [0.2, 0.25) is 0 Å². The van der Waals surface area contributed by atoms with Crippen LogP contribution >= 0.6 is 11.6 Å². The quantitative estimate of drug-likeness (QED) is 0.792. The number of esters is 1. The predicted molar refractivity (Wildman–Crippen MR) is 93.7 cm³/mol. The first-order valence-electron chi connectivity index (χ1n) is 7.93. The highest BCUT2D eigenvalue weighted by molar-refractivity contribution is 6.30. The summed E-state index contributed by atoms with van der Waals surface area (Å²) >= 11 is 6.21. The second kappa shape index (κ2) is 7.39. The lowest BCUT2D eigenvalue weighted by Gasteiger charge is -2.25. The summed E-state index contributed by atoms with van der Waals surface area (Å²) in [6.07, 6.45) is -0.160. The molecule has 0 bridgehead atoms. The molecule has 1 aromatic carbocycles. The molecular weight excluding hydrogens is 362 g/mol. The zero-order chi connectivity index (χ0) is 18.8. The predicted octanol–water partition coefficient (Wildman–Crippen LogP) is 2.60. The van der Waals surface area contributed by atoms with E-state index in [1.54, 1.807) is 19.1 Å². The molecule has 1 aromatic heterocycles. The monoisotopic (exact) mass is 379 g/mol. The minimum atomic E-state index is -0.794. The maximum Gasteiger partial charge on any atom is 0.306 e. The van der Waals surface area contributed by atoms with Crippen molar-refractivity contribution < 1.29 is 24.1 Å². The number of halogens is 1. The zero-order valence-electron chi connectivity index (χ0n) is 14.3. The van der Waals surface area contributed by atoms with Crippen molar-refractivity contribution in [3.05, 3.63) is 56.0 Å². The van der Waals surface area contributed by atoms with Gasteiger partial charge < -0.3 is 24.3 Å². The Labute approximate surface area is 154 Å². The van der Waals surface area contributed by atoms with E-state index < -0.39 is 17.4 Å². The van der Waals surface area contributed by atoms with E-state index in [1.165, 1.54) is 13.2 Å². The van der Waals surface area contributed by atoms with E-state index in [-0.39, 0.29) is 24.5 Å². The van der Waals surface area contributed by atoms with Gasteiger partial charge in [0.1, 0.15) is 11.5 Å². The Morgan fingerprint density at radius 2 is 2.19 bits per heavy atom. The number of aromatic hydroxyl groups is 1. The number of benzene rings is 1. The van der Waals surface area contributed by atoms with Crippen molar-refractivity contribution in [2.24, 2.45) is 0 Å². The lowest BCUT2D eigenvalue weighted by molar-refractivity contribution is -0.140. The molecule has 3 rings (SSSR count). The maximum atomic E-state index is 12.5. The lowest BCUT2D eigenvalue weighted by atomic mass is 9.86. The number of aromatic nitrogens is 1. The highest BCUT2D eigenvalue weighted by atomic mass is 35.5. The number of rotatable bonds is 4. The molecule has 0 spiro atoms. The van der Waals surface area contributed by atoms with E-state index in [4.69, 9.17) is 25.8 Å². The number of aryl methyl sites for hydroxylation is 1. The fraction of sp³-hybridized carbons (Fsp3) is 0.333. The van der Waals surface area contributed by atoms with E-state index >= 15 is 0 Å². The number of hydrogen-bond acceptors (Lipinski definition) is 6. The molecule has 2 aromatic rings. The van der Waals surface area contributed by atoms with Crippen LogP contribution in [0.4, 0.5) is 0 Å². The van der Waals surface area contributed by atoms with Gasteiger partial charge in [0.05, 0.1) is 25.7 Å². The molecule has 2 N–H and O–H groups in total. The van der Waals surface area contributed by atoms with Crippen LogP contribution in [0.2, 0.25) is 5.02 Å². The smallest absolute Gasteiger partial charge is 0.306 e. The van der Waals surface area contributed by atoms with Gasteiger partial charge in [0, 0.05) is 27.8 Å². The summed E-state index contributed by atoms with van der Waals surface area (Å²) in [4.78, 5) is 27.2. The van der Waals surface area contributed by atoms with Gasteiger partial charge in [-0.25, -0.2) is 0 Å². The van der Waals surface area contributed by atoms with Gasteiger partial charge in [-0.1, -0.05) is 11.6 Å². The van der Waals surface area contributed by atoms with Crippen molar-refractivity contribution >= 4 is 17.6 Å². The van der Waals surface area contributed by atoms with E-state index in [1.807, 2.05) is 0 Å². The fourth-order valence-corrected chi connectivity index (χ4v) is 3.35. The molecule has 138 valence electrons. The van der Waals surface area contributed by atoms with Crippen LogP contribution in [0, 0.1) is 6.92 Å². The minimum Gasteiger partial charge on any atom is -0.507 e. The first kappa shape index (κ1) is 18.3. The van der Waals surface area contributed by atoms with Gasteiger partial charge >= 0.3 is 5.97 Å². The number of nitrogens with one attached hydrogen (secondary N) is 1. The first-order chi connectivity index (χ1) is 12.4. The first-order valence-corrected chi connectivity index (χ1v) is 8.31. The van der Waals surface area contributed by atoms with Crippen molar-refractivity contribution in [3.8, 4) is 11.5 Å². The van der Waals surface area contributed by atoms with E-state index in [2.05, 4.69) is 4.98 Å². The second-order valence-corrected chi connectivity index (χ2v) is 6.44. The molecule has 7 nitrogen and oxygen atoms in total. The molecule has 8 heteroatoms. The Hall–Kier alpha value is -2.51. The largest absolute Gasteiger partial charge is 0.507 e. The Morgan fingerprint density at radius 3 is 2.88 bits per heavy atom. The number of H-pyrrole nitrogens is 1. The number of methoxy groups -OCH3 is 1. The summed E-state index contributed by atoms with van der Waals surface area (Å²) in [6.45, 7) is 1.99. The molecule has 0 amide bonds. The minimum absolute atomic E-state index is 0.0445. The van der Waals surface area contributed by atoms with Crippen LogP contribution in [-0.4, -0.2) is 30.0 Å². The number of carbonyl (C=O) groups is 1. The van der Waals surface area contributed by atoms with Gasteiger partial charge in [-0.3, -0.25) is 9.59 Å². The number of ether oxygens (including phenoxy) is 3. The third kappa shape index (κ3) is 3.54. The van der Waals surface area contributed by atoms with Crippen molar-refractivity contribution in [2.45, 2.75) is 25.9 Å². The number of carbonyl (C=O) groups excluding carboxylic acids is 1. The summed E-state index contributed by atoms with van der Waals surface area (Å²) in [6, 6.07) is 4.76. The standard InChI is InChI=1S/C18H18ClNO6/c1-9-3-14(21)16(18(23)20-9)12(6-15(22)24-2)13-5-11(19)4-10-7-25-8-26-17(10)13/h3-5,12H,6-8H2,1-2H3,(H2,20,21,23)/t12-/m0/s1. The molecule has 0 saturated heterocycles. The third-order valence-electron chi connectivity index (χ3n) is 4.21. The topological polar surface area (TPSA) is 97.8 Å². The van der Waals surface area contributed by atoms with Crippen LogP contribution in [0.1, 0.15) is 34.7 Å². The normalized spacial score (nSPS) is 14.3. The molecule has 2 heterocycles. The van der Waals surface area contributed by atoms with Crippen LogP contribution in [0.5, 0.6) is 11.5 Å². The van der Waals surface area contributed by atoms with Crippen LogP contribution in [0.15, 0.2) is 23.0 Å². The average molecular weight is 380 g/mol. The van der Waals surface area contributed by atoms with E-state index in [9.17, 15) is 14.7 Å². The van der Waals surface area contributed by atoms with Gasteiger partial charge in [-0.2, -0.15) is 0 Å². The van der Waals surface area contributed by atoms with Crippen LogP contribution in [0.25, 0.3) is 0 Å². The number of fused-ring (bicyclic) bond motifs is 1. The molecule has 0 fully saturated rings. The van der Waals surface area contributed by atoms with Crippen molar-refractivity contribution in [1.29, 1.82) is 0 Å². The van der Waals surface area contributed by atoms with E-state index in [0.717, 1.165) is 0 Å². The Bertz CT molecular complexity index is 907. The summed E-state index contributed by atoms with van der Waals surface area (Å²) in [5.41, 5.74) is 1.30. The van der Waals surface area contributed by atoms with Gasteiger partial charge in [-0.15, -0.1) is 0 Å². The highest BCUT2D eigenvalue weighted by Gasteiger charge is 2.30. The molecule has 26 heavy (non-hydrogen) atoms. The SMILES string of the molecule is COC(=O)C[C@@H](c1cc(Cl)cc2c1OCOC2)c1c(O)cc(C)[nH]c1=O. The highest BCUT2D eigenvalue weighted by Crippen LogP contribution is 2.41. The molecular formula is C18H18ClNO6. The zero-order valence-corrected chi connectivity index (χ0v) is 15.1. The van der Waals surface area contributed by atoms with Crippen LogP contribution < -0.4 is 10.3 Å². The number of aromatic amines is 1. The van der Waals surface area contributed by atoms with Gasteiger partial charge in [0.15, 0.2) is 6.79 Å². The molecule has 0 aliphatic carbocycles. The van der Waals surface area contributed by atoms with Crippen LogP contribution in [0.3, 0.4) is 0 Å². The van der Waals surface area contributed by atoms with Gasteiger partial charge in [-0.05, 0) is 25.1 Å². The second-order valence-electron chi connectivity index (χ2n) is 6.01. The fourth-order valence-electron chi connectivity index (χ4n) is 3.10. The maximum absolute atomic E-state index is 12.5. The molecule has 1 aliphatic heterocycles. The Balaban J connectivity index is 2.22. The lowest BCUT2D eigenvalue weighted by Crippen LogP contribution is -2.22. The van der Waals surface area contributed by atoms with Crippen molar-refractivity contribution in [2.75, 3.05) is 13.9 Å². The summed E-state index contributed by atoms with van der Waals surface area (Å²) in [5, 5.41) is 10.8. The molecule has 0 radical (unpaired) electrons. The molecule has 1 aliphatic rings. The summed E-state index contributed by atoms with van der Waals surface area (Å²) in [7, 11) is 1.26.